The van der Waals surface area contributed by atoms with E-state index in [-0.39, 0.29) is 0 Å². The maximum Gasteiger partial charge on any atom is 0.222 e. The minimum absolute atomic E-state index is 0.388. The third-order valence-corrected chi connectivity index (χ3v) is 15.3. The van der Waals surface area contributed by atoms with Gasteiger partial charge in [-0.05, 0) is 88.0 Å². The van der Waals surface area contributed by atoms with E-state index < -0.39 is 0 Å². The minimum Gasteiger partial charge on any atom is -0.359 e. The number of rotatable bonds is 38. The first-order chi connectivity index (χ1) is 31.6. The summed E-state index contributed by atoms with van der Waals surface area (Å²) in [6, 6.07) is 0. The number of amidine groups is 1. The first-order valence-electron chi connectivity index (χ1n) is 28.1. The molecule has 2 saturated heterocycles. The van der Waals surface area contributed by atoms with Crippen molar-refractivity contribution in [2.45, 2.75) is 187 Å². The summed E-state index contributed by atoms with van der Waals surface area (Å²) in [5.41, 5.74) is 5.72. The molecule has 4 unspecified atom stereocenters. The zero-order valence-electron chi connectivity index (χ0n) is 42.2. The molecule has 0 saturated carbocycles. The molecule has 3 heterocycles. The first-order valence-corrected chi connectivity index (χ1v) is 28.1. The van der Waals surface area contributed by atoms with Gasteiger partial charge in [0.2, 0.25) is 5.91 Å². The van der Waals surface area contributed by atoms with E-state index in [0.29, 0.717) is 17.7 Å². The zero-order chi connectivity index (χ0) is 45.1. The molecule has 64 heavy (non-hydrogen) atoms. The number of carbonyl (C=O) groups is 1. The molecule has 4 N–H and O–H groups in total. The Morgan fingerprint density at radius 3 is 2.02 bits per heavy atom. The van der Waals surface area contributed by atoms with Gasteiger partial charge >= 0.3 is 0 Å². The van der Waals surface area contributed by atoms with Crippen LogP contribution in [-0.2, 0) is 4.79 Å². The van der Waals surface area contributed by atoms with Gasteiger partial charge in [-0.1, -0.05) is 141 Å². The molecule has 1 amide bonds. The lowest BCUT2D eigenvalue weighted by atomic mass is 9.66. The molecule has 0 aromatic heterocycles. The number of nitrogens with zero attached hydrogens (tertiary/aromatic N) is 5. The summed E-state index contributed by atoms with van der Waals surface area (Å²) in [6.45, 7) is 21.5. The monoisotopic (exact) mass is 893 g/mol. The summed E-state index contributed by atoms with van der Waals surface area (Å²) in [5, 5.41) is 7.08. The smallest absolute Gasteiger partial charge is 0.222 e. The standard InChI is InChI=1S/C55H104N8O/c1-3-5-7-9-13-20-28-52-50(26-18-8-6-4-2)32-33-51(27-19-12-10-15-22-30-54-59-39-45-62(54)40-25-17-24-34-56)53(52)29-21-14-11-16-23-31-55(64)63-48-46-61(47-49-63)44-38-58-37-43-60-41-35-57-36-42-60/h20,28,32-33,50-53,57-58H,3-19,21-27,29-31,34-49,56H2,1-2H3/b28-20+. The van der Waals surface area contributed by atoms with Crippen molar-refractivity contribution in [3.8, 4) is 0 Å². The number of piperazine rings is 2. The first kappa shape index (κ1) is 54.8. The van der Waals surface area contributed by atoms with Gasteiger partial charge in [0.1, 0.15) is 0 Å². The number of nitrogens with one attached hydrogen (secondary N) is 2. The van der Waals surface area contributed by atoms with Crippen LogP contribution < -0.4 is 16.4 Å². The lowest BCUT2D eigenvalue weighted by molar-refractivity contribution is -0.133. The van der Waals surface area contributed by atoms with Crippen LogP contribution in [0.4, 0.5) is 0 Å². The van der Waals surface area contributed by atoms with Crippen molar-refractivity contribution in [1.82, 2.24) is 30.2 Å². The highest BCUT2D eigenvalue weighted by atomic mass is 16.2. The molecule has 4 aliphatic rings. The summed E-state index contributed by atoms with van der Waals surface area (Å²) in [4.78, 5) is 27.8. The third kappa shape index (κ3) is 23.3. The maximum atomic E-state index is 13.2. The van der Waals surface area contributed by atoms with Gasteiger partial charge in [-0.2, -0.15) is 0 Å². The van der Waals surface area contributed by atoms with Crippen molar-refractivity contribution in [3.63, 3.8) is 0 Å². The molecule has 370 valence electrons. The van der Waals surface area contributed by atoms with Crippen LogP contribution in [0.15, 0.2) is 29.3 Å². The minimum atomic E-state index is 0.388. The van der Waals surface area contributed by atoms with Crippen LogP contribution in [0, 0.1) is 23.7 Å². The van der Waals surface area contributed by atoms with Crippen molar-refractivity contribution in [2.75, 3.05) is 105 Å². The number of unbranched alkanes of at least 4 members (excludes halogenated alkanes) is 17. The molecule has 0 aromatic rings. The Balaban J connectivity index is 1.16. The highest BCUT2D eigenvalue weighted by Crippen LogP contribution is 2.43. The molecule has 4 atom stereocenters. The van der Waals surface area contributed by atoms with Gasteiger partial charge in [0.05, 0.1) is 12.4 Å². The van der Waals surface area contributed by atoms with Gasteiger partial charge in [0, 0.05) is 104 Å². The number of hydrogen-bond acceptors (Lipinski definition) is 8. The van der Waals surface area contributed by atoms with E-state index in [0.717, 1.165) is 116 Å². The lowest BCUT2D eigenvalue weighted by Crippen LogP contribution is -2.50. The molecule has 0 aromatic carbocycles. The highest BCUT2D eigenvalue weighted by Gasteiger charge is 2.34. The summed E-state index contributed by atoms with van der Waals surface area (Å²) in [7, 11) is 0. The number of allylic oxidation sites excluding steroid dienone is 4. The third-order valence-electron chi connectivity index (χ3n) is 15.3. The molecule has 0 bridgehead atoms. The molecule has 9 nitrogen and oxygen atoms in total. The Morgan fingerprint density at radius 2 is 1.28 bits per heavy atom. The second kappa shape index (κ2) is 36.3. The van der Waals surface area contributed by atoms with Crippen LogP contribution in [0.25, 0.3) is 0 Å². The quantitative estimate of drug-likeness (QED) is 0.0420. The molecule has 3 aliphatic heterocycles. The fraction of sp³-hybridized carbons (Fsp3) is 0.891. The van der Waals surface area contributed by atoms with E-state index in [1.54, 1.807) is 0 Å². The van der Waals surface area contributed by atoms with Crippen LogP contribution in [-0.4, -0.2) is 136 Å². The normalized spacial score (nSPS) is 22.3. The van der Waals surface area contributed by atoms with Crippen LogP contribution in [0.2, 0.25) is 0 Å². The second-order valence-corrected chi connectivity index (χ2v) is 20.4. The predicted octanol–water partition coefficient (Wildman–Crippen LogP) is 10.5. The predicted molar refractivity (Wildman–Crippen MR) is 276 cm³/mol. The van der Waals surface area contributed by atoms with Gasteiger partial charge in [0.15, 0.2) is 0 Å². The summed E-state index contributed by atoms with van der Waals surface area (Å²) in [5.74, 6) is 4.67. The van der Waals surface area contributed by atoms with Crippen molar-refractivity contribution < 1.29 is 4.79 Å². The number of nitrogens with two attached hydrogens (primary N) is 1. The van der Waals surface area contributed by atoms with Gasteiger partial charge < -0.3 is 26.2 Å². The molecule has 1 aliphatic carbocycles. The van der Waals surface area contributed by atoms with Crippen LogP contribution in [0.5, 0.6) is 0 Å². The van der Waals surface area contributed by atoms with Crippen molar-refractivity contribution in [2.24, 2.45) is 34.4 Å². The number of carbonyl (C=O) groups excluding carboxylic acids is 1. The lowest BCUT2D eigenvalue weighted by Gasteiger charge is -2.39. The number of amides is 1. The van der Waals surface area contributed by atoms with Crippen molar-refractivity contribution >= 4 is 11.7 Å². The molecular weight excluding hydrogens is 789 g/mol. The van der Waals surface area contributed by atoms with Gasteiger partial charge in [-0.15, -0.1) is 0 Å². The van der Waals surface area contributed by atoms with Crippen LogP contribution in [0.3, 0.4) is 0 Å². The zero-order valence-corrected chi connectivity index (χ0v) is 42.2. The average molecular weight is 893 g/mol. The SMILES string of the molecule is CCCCCC/C=C/C1C(CCCCCC)C=CC(CCCCCCCC2=NCCN2CCCCCN)C1CCCCCCCC(=O)N1CCN(CCNCCN2CCNCC2)CC1. The summed E-state index contributed by atoms with van der Waals surface area (Å²) < 4.78 is 0. The Labute approximate surface area is 396 Å². The fourth-order valence-corrected chi connectivity index (χ4v) is 11.1. The fourth-order valence-electron chi connectivity index (χ4n) is 11.1. The molecule has 9 heteroatoms. The van der Waals surface area contributed by atoms with Gasteiger partial charge in [-0.3, -0.25) is 19.6 Å². The second-order valence-electron chi connectivity index (χ2n) is 20.4. The Hall–Kier alpha value is -1.78. The van der Waals surface area contributed by atoms with Crippen LogP contribution in [0.1, 0.15) is 187 Å². The Kier molecular flexibility index (Phi) is 31.1. The topological polar surface area (TPSA) is 92.5 Å². The Bertz CT molecular complexity index is 1230. The van der Waals surface area contributed by atoms with E-state index >= 15 is 0 Å². The van der Waals surface area contributed by atoms with Gasteiger partial charge in [-0.25, -0.2) is 0 Å². The van der Waals surface area contributed by atoms with Crippen LogP contribution >= 0.6 is 0 Å². The maximum absolute atomic E-state index is 13.2. The van der Waals surface area contributed by atoms with Crippen molar-refractivity contribution in [1.29, 1.82) is 0 Å². The highest BCUT2D eigenvalue weighted by molar-refractivity contribution is 5.83. The molecule has 0 radical (unpaired) electrons. The summed E-state index contributed by atoms with van der Waals surface area (Å²) in [6.07, 6.45) is 45.3. The van der Waals surface area contributed by atoms with E-state index in [1.165, 1.54) is 180 Å². The summed E-state index contributed by atoms with van der Waals surface area (Å²) >= 11 is 0. The number of hydrogen-bond donors (Lipinski definition) is 3. The van der Waals surface area contributed by atoms with E-state index in [2.05, 4.69) is 68.4 Å². The van der Waals surface area contributed by atoms with E-state index in [4.69, 9.17) is 10.7 Å². The molecule has 0 spiro atoms. The average Bonchev–Trinajstić information content (AvgIpc) is 3.77. The molecular formula is C55H104N8O. The Morgan fingerprint density at radius 1 is 0.672 bits per heavy atom. The molecule has 4 rings (SSSR count). The molecule has 2 fully saturated rings. The van der Waals surface area contributed by atoms with Gasteiger partial charge in [0.25, 0.3) is 0 Å². The largest absolute Gasteiger partial charge is 0.359 e. The van der Waals surface area contributed by atoms with E-state index in [1.807, 2.05) is 0 Å². The number of aliphatic imine (C=N–C) groups is 1. The van der Waals surface area contributed by atoms with E-state index in [9.17, 15) is 4.79 Å². The van der Waals surface area contributed by atoms with Crippen molar-refractivity contribution in [3.05, 3.63) is 24.3 Å².